The lowest BCUT2D eigenvalue weighted by Gasteiger charge is -2.12. The highest BCUT2D eigenvalue weighted by atomic mass is 32.2. The summed E-state index contributed by atoms with van der Waals surface area (Å²) in [6, 6.07) is 1.96. The Bertz CT molecular complexity index is 325. The van der Waals surface area contributed by atoms with Crippen LogP contribution in [-0.4, -0.2) is 24.0 Å². The molecule has 0 aliphatic rings. The SMILES string of the molecule is CSCCC(C)NC(=O)c1sccc1N. The molecule has 1 atom stereocenters. The first-order valence-electron chi connectivity index (χ1n) is 4.78. The van der Waals surface area contributed by atoms with Crippen LogP contribution < -0.4 is 11.1 Å². The average molecular weight is 244 g/mol. The molecule has 15 heavy (non-hydrogen) atoms. The van der Waals surface area contributed by atoms with Gasteiger partial charge in [-0.3, -0.25) is 4.79 Å². The van der Waals surface area contributed by atoms with Crippen molar-refractivity contribution in [1.82, 2.24) is 5.32 Å². The van der Waals surface area contributed by atoms with Gasteiger partial charge < -0.3 is 11.1 Å². The normalized spacial score (nSPS) is 12.4. The summed E-state index contributed by atoms with van der Waals surface area (Å²) in [6.45, 7) is 2.01. The van der Waals surface area contributed by atoms with Crippen LogP contribution >= 0.6 is 23.1 Å². The van der Waals surface area contributed by atoms with Crippen molar-refractivity contribution >= 4 is 34.7 Å². The summed E-state index contributed by atoms with van der Waals surface area (Å²) in [5.41, 5.74) is 6.23. The van der Waals surface area contributed by atoms with Gasteiger partial charge >= 0.3 is 0 Å². The number of thiophene rings is 1. The first kappa shape index (κ1) is 12.4. The van der Waals surface area contributed by atoms with E-state index >= 15 is 0 Å². The third kappa shape index (κ3) is 3.76. The predicted molar refractivity (Wildman–Crippen MR) is 68.7 cm³/mol. The van der Waals surface area contributed by atoms with Crippen molar-refractivity contribution in [3.63, 3.8) is 0 Å². The number of carbonyl (C=O) groups is 1. The number of amides is 1. The summed E-state index contributed by atoms with van der Waals surface area (Å²) in [6.07, 6.45) is 3.05. The van der Waals surface area contributed by atoms with Crippen LogP contribution in [0, 0.1) is 0 Å². The molecule has 1 amide bonds. The molecule has 0 saturated heterocycles. The largest absolute Gasteiger partial charge is 0.397 e. The van der Waals surface area contributed by atoms with Gasteiger partial charge in [-0.2, -0.15) is 11.8 Å². The zero-order chi connectivity index (χ0) is 11.3. The minimum Gasteiger partial charge on any atom is -0.397 e. The van der Waals surface area contributed by atoms with Gasteiger partial charge in [0.2, 0.25) is 0 Å². The van der Waals surface area contributed by atoms with E-state index in [1.165, 1.54) is 11.3 Å². The Kier molecular flexibility index (Phi) is 4.98. The fourth-order valence-electron chi connectivity index (χ4n) is 1.16. The Balaban J connectivity index is 2.46. The minimum absolute atomic E-state index is 0.0592. The van der Waals surface area contributed by atoms with Crippen LogP contribution in [0.4, 0.5) is 5.69 Å². The molecule has 3 nitrogen and oxygen atoms in total. The highest BCUT2D eigenvalue weighted by Crippen LogP contribution is 2.18. The molecule has 5 heteroatoms. The minimum atomic E-state index is -0.0592. The maximum absolute atomic E-state index is 11.7. The molecular formula is C10H16N2OS2. The lowest BCUT2D eigenvalue weighted by molar-refractivity contribution is 0.0944. The number of nitrogen functional groups attached to an aromatic ring is 1. The van der Waals surface area contributed by atoms with E-state index in [2.05, 4.69) is 11.6 Å². The van der Waals surface area contributed by atoms with Crippen LogP contribution in [0.2, 0.25) is 0 Å². The van der Waals surface area contributed by atoms with Gasteiger partial charge in [-0.05, 0) is 36.8 Å². The Morgan fingerprint density at radius 2 is 2.47 bits per heavy atom. The van der Waals surface area contributed by atoms with E-state index < -0.39 is 0 Å². The second kappa shape index (κ2) is 6.02. The summed E-state index contributed by atoms with van der Waals surface area (Å²) in [5, 5.41) is 4.77. The van der Waals surface area contributed by atoms with E-state index in [9.17, 15) is 4.79 Å². The zero-order valence-electron chi connectivity index (χ0n) is 8.95. The van der Waals surface area contributed by atoms with Crippen molar-refractivity contribution in [1.29, 1.82) is 0 Å². The number of thioether (sulfide) groups is 1. The average Bonchev–Trinajstić information content (AvgIpc) is 2.61. The third-order valence-electron chi connectivity index (χ3n) is 2.03. The quantitative estimate of drug-likeness (QED) is 0.835. The molecule has 0 aliphatic heterocycles. The maximum atomic E-state index is 11.7. The van der Waals surface area contributed by atoms with Crippen molar-refractivity contribution in [3.8, 4) is 0 Å². The molecular weight excluding hydrogens is 228 g/mol. The number of nitrogens with one attached hydrogen (secondary N) is 1. The van der Waals surface area contributed by atoms with E-state index in [4.69, 9.17) is 5.73 Å². The van der Waals surface area contributed by atoms with E-state index in [1.54, 1.807) is 17.8 Å². The standard InChI is InChI=1S/C10H16N2OS2/c1-7(3-5-14-2)12-10(13)9-8(11)4-6-15-9/h4,6-7H,3,5,11H2,1-2H3,(H,12,13). The molecule has 84 valence electrons. The van der Waals surface area contributed by atoms with Crippen molar-refractivity contribution in [2.24, 2.45) is 0 Å². The number of hydrogen-bond acceptors (Lipinski definition) is 4. The second-order valence-corrected chi connectivity index (χ2v) is 5.26. The van der Waals surface area contributed by atoms with Crippen molar-refractivity contribution in [2.75, 3.05) is 17.7 Å². The number of anilines is 1. The Labute approximate surface area is 98.4 Å². The molecule has 3 N–H and O–H groups in total. The monoisotopic (exact) mass is 244 g/mol. The molecule has 0 spiro atoms. The molecule has 1 heterocycles. The Hall–Kier alpha value is -0.680. The molecule has 1 unspecified atom stereocenters. The van der Waals surface area contributed by atoms with Crippen LogP contribution in [0.25, 0.3) is 0 Å². The van der Waals surface area contributed by atoms with E-state index in [1.807, 2.05) is 12.3 Å². The van der Waals surface area contributed by atoms with Crippen LogP contribution in [0.15, 0.2) is 11.4 Å². The molecule has 1 rings (SSSR count). The van der Waals surface area contributed by atoms with Crippen LogP contribution in [0.5, 0.6) is 0 Å². The lowest BCUT2D eigenvalue weighted by Crippen LogP contribution is -2.32. The molecule has 0 fully saturated rings. The third-order valence-corrected chi connectivity index (χ3v) is 3.61. The molecule has 0 radical (unpaired) electrons. The van der Waals surface area contributed by atoms with E-state index in [0.29, 0.717) is 10.6 Å². The van der Waals surface area contributed by atoms with Gasteiger partial charge in [0.25, 0.3) is 5.91 Å². The highest BCUT2D eigenvalue weighted by Gasteiger charge is 2.13. The topological polar surface area (TPSA) is 55.1 Å². The van der Waals surface area contributed by atoms with Gasteiger partial charge in [0, 0.05) is 6.04 Å². The van der Waals surface area contributed by atoms with Gasteiger partial charge in [-0.15, -0.1) is 11.3 Å². The summed E-state index contributed by atoms with van der Waals surface area (Å²) in [7, 11) is 0. The summed E-state index contributed by atoms with van der Waals surface area (Å²) >= 11 is 3.17. The maximum Gasteiger partial charge on any atom is 0.263 e. The summed E-state index contributed by atoms with van der Waals surface area (Å²) in [5.74, 6) is 0.998. The molecule has 0 bridgehead atoms. The number of hydrogen-bond donors (Lipinski definition) is 2. The van der Waals surface area contributed by atoms with Crippen LogP contribution in [0.3, 0.4) is 0 Å². The fraction of sp³-hybridized carbons (Fsp3) is 0.500. The Morgan fingerprint density at radius 3 is 3.00 bits per heavy atom. The smallest absolute Gasteiger partial charge is 0.263 e. The zero-order valence-corrected chi connectivity index (χ0v) is 10.6. The first-order chi connectivity index (χ1) is 7.15. The lowest BCUT2D eigenvalue weighted by atomic mass is 10.2. The second-order valence-electron chi connectivity index (χ2n) is 3.36. The van der Waals surface area contributed by atoms with Gasteiger partial charge in [0.1, 0.15) is 4.88 Å². The van der Waals surface area contributed by atoms with Crippen molar-refractivity contribution in [3.05, 3.63) is 16.3 Å². The highest BCUT2D eigenvalue weighted by molar-refractivity contribution is 7.98. The van der Waals surface area contributed by atoms with E-state index in [-0.39, 0.29) is 11.9 Å². The Morgan fingerprint density at radius 1 is 1.73 bits per heavy atom. The van der Waals surface area contributed by atoms with Crippen molar-refractivity contribution < 1.29 is 4.79 Å². The molecule has 0 aromatic carbocycles. The number of nitrogens with two attached hydrogens (primary N) is 1. The van der Waals surface area contributed by atoms with Crippen molar-refractivity contribution in [2.45, 2.75) is 19.4 Å². The summed E-state index contributed by atoms with van der Waals surface area (Å²) in [4.78, 5) is 12.3. The molecule has 0 aliphatic carbocycles. The predicted octanol–water partition coefficient (Wildman–Crippen LogP) is 2.20. The first-order valence-corrected chi connectivity index (χ1v) is 7.05. The fourth-order valence-corrected chi connectivity index (χ4v) is 2.47. The molecule has 0 saturated carbocycles. The summed E-state index contributed by atoms with van der Waals surface area (Å²) < 4.78 is 0. The molecule has 1 aromatic rings. The van der Waals surface area contributed by atoms with Crippen LogP contribution in [-0.2, 0) is 0 Å². The van der Waals surface area contributed by atoms with E-state index in [0.717, 1.165) is 12.2 Å². The van der Waals surface area contributed by atoms with Gasteiger partial charge in [-0.25, -0.2) is 0 Å². The van der Waals surface area contributed by atoms with Gasteiger partial charge in [0.15, 0.2) is 0 Å². The number of rotatable bonds is 5. The van der Waals surface area contributed by atoms with Gasteiger partial charge in [-0.1, -0.05) is 0 Å². The molecule has 1 aromatic heterocycles. The number of carbonyl (C=O) groups excluding carboxylic acids is 1. The van der Waals surface area contributed by atoms with Gasteiger partial charge in [0.05, 0.1) is 5.69 Å². The van der Waals surface area contributed by atoms with Crippen LogP contribution in [0.1, 0.15) is 23.0 Å².